The number of methoxy groups -OCH3 is 2. The molecule has 1 amide bonds. The fraction of sp³-hybridized carbons (Fsp3) is 0.316. The van der Waals surface area contributed by atoms with E-state index < -0.39 is 15.9 Å². The minimum absolute atomic E-state index is 0.00200. The molecule has 3 rings (SSSR count). The predicted molar refractivity (Wildman–Crippen MR) is 109 cm³/mol. The number of aromatic hydroxyl groups is 1. The number of ether oxygens (including phenoxy) is 2. The number of nitrogens with zero attached hydrogens (tertiary/aromatic N) is 1. The van der Waals surface area contributed by atoms with Crippen LogP contribution in [0.15, 0.2) is 35.2 Å². The van der Waals surface area contributed by atoms with Gasteiger partial charge in [-0.1, -0.05) is 11.6 Å². The molecule has 1 heterocycles. The second-order valence-electron chi connectivity index (χ2n) is 6.44. The molecule has 2 aromatic carbocycles. The number of carbonyl (C=O) groups is 1. The largest absolute Gasteiger partial charge is 0.506 e. The zero-order valence-corrected chi connectivity index (χ0v) is 17.5. The average molecular weight is 441 g/mol. The third-order valence-corrected chi connectivity index (χ3v) is 6.79. The number of benzene rings is 2. The van der Waals surface area contributed by atoms with E-state index in [1.807, 2.05) is 0 Å². The fourth-order valence-electron chi connectivity index (χ4n) is 3.10. The SMILES string of the molecule is COc1cc(C(=O)Nc2cc(S(=O)(=O)N3CCCC3)ccc2O)cc(Cl)c1OC. The van der Waals surface area contributed by atoms with Crippen LogP contribution in [0.25, 0.3) is 0 Å². The van der Waals surface area contributed by atoms with Gasteiger partial charge in [0.05, 0.1) is 29.8 Å². The first-order chi connectivity index (χ1) is 13.8. The van der Waals surface area contributed by atoms with Crippen LogP contribution in [0, 0.1) is 0 Å². The number of anilines is 1. The molecule has 1 aliphatic rings. The van der Waals surface area contributed by atoms with Crippen LogP contribution >= 0.6 is 11.6 Å². The van der Waals surface area contributed by atoms with Crippen molar-refractivity contribution in [3.05, 3.63) is 40.9 Å². The Labute approximate surface area is 174 Å². The van der Waals surface area contributed by atoms with E-state index in [4.69, 9.17) is 21.1 Å². The van der Waals surface area contributed by atoms with Crippen molar-refractivity contribution in [2.75, 3.05) is 32.6 Å². The van der Waals surface area contributed by atoms with Gasteiger partial charge in [-0.25, -0.2) is 8.42 Å². The van der Waals surface area contributed by atoms with E-state index in [2.05, 4.69) is 5.32 Å². The van der Waals surface area contributed by atoms with Gasteiger partial charge in [0.1, 0.15) is 5.75 Å². The lowest BCUT2D eigenvalue weighted by Crippen LogP contribution is -2.28. The zero-order chi connectivity index (χ0) is 21.2. The lowest BCUT2D eigenvalue weighted by Gasteiger charge is -2.17. The molecule has 0 radical (unpaired) electrons. The van der Waals surface area contributed by atoms with E-state index >= 15 is 0 Å². The molecule has 8 nitrogen and oxygen atoms in total. The number of halogens is 1. The molecule has 0 bridgehead atoms. The first-order valence-electron chi connectivity index (χ1n) is 8.84. The Morgan fingerprint density at radius 3 is 2.45 bits per heavy atom. The van der Waals surface area contributed by atoms with Crippen molar-refractivity contribution in [2.24, 2.45) is 0 Å². The summed E-state index contributed by atoms with van der Waals surface area (Å²) in [6.45, 7) is 0.907. The molecule has 2 N–H and O–H groups in total. The van der Waals surface area contributed by atoms with Crippen LogP contribution in [0.2, 0.25) is 5.02 Å². The van der Waals surface area contributed by atoms with Crippen LogP contribution < -0.4 is 14.8 Å². The molecule has 1 fully saturated rings. The standard InChI is InChI=1S/C19H21ClN2O6S/c1-27-17-10-12(9-14(20)18(17)28-2)19(24)21-15-11-13(5-6-16(15)23)29(25,26)22-7-3-4-8-22/h5-6,9-11,23H,3-4,7-8H2,1-2H3,(H,21,24). The lowest BCUT2D eigenvalue weighted by atomic mass is 10.1. The smallest absolute Gasteiger partial charge is 0.255 e. The number of amides is 1. The van der Waals surface area contributed by atoms with Gasteiger partial charge in [0.15, 0.2) is 11.5 Å². The highest BCUT2D eigenvalue weighted by Crippen LogP contribution is 2.36. The summed E-state index contributed by atoms with van der Waals surface area (Å²) < 4.78 is 37.2. The van der Waals surface area contributed by atoms with Gasteiger partial charge in [-0.05, 0) is 43.2 Å². The molecule has 0 unspecified atom stereocenters. The second kappa shape index (κ2) is 8.48. The summed E-state index contributed by atoms with van der Waals surface area (Å²) in [5, 5.41) is 12.8. The highest BCUT2D eigenvalue weighted by Gasteiger charge is 2.28. The zero-order valence-electron chi connectivity index (χ0n) is 15.9. The number of hydrogen-bond acceptors (Lipinski definition) is 6. The molecule has 1 saturated heterocycles. The van der Waals surface area contributed by atoms with Gasteiger partial charge >= 0.3 is 0 Å². The van der Waals surface area contributed by atoms with Crippen molar-refractivity contribution in [1.82, 2.24) is 4.31 Å². The summed E-state index contributed by atoms with van der Waals surface area (Å²) in [4.78, 5) is 12.7. The number of sulfonamides is 1. The van der Waals surface area contributed by atoms with E-state index in [1.54, 1.807) is 0 Å². The normalized spacial score (nSPS) is 14.6. The Morgan fingerprint density at radius 2 is 1.83 bits per heavy atom. The number of carbonyl (C=O) groups excluding carboxylic acids is 1. The van der Waals surface area contributed by atoms with Crippen molar-refractivity contribution < 1.29 is 27.8 Å². The van der Waals surface area contributed by atoms with E-state index in [1.165, 1.54) is 48.9 Å². The van der Waals surface area contributed by atoms with E-state index in [0.717, 1.165) is 12.8 Å². The Kier molecular flexibility index (Phi) is 6.21. The summed E-state index contributed by atoms with van der Waals surface area (Å²) in [5.74, 6) is -0.309. The van der Waals surface area contributed by atoms with Crippen LogP contribution in [0.4, 0.5) is 5.69 Å². The van der Waals surface area contributed by atoms with Crippen molar-refractivity contribution in [3.63, 3.8) is 0 Å². The predicted octanol–water partition coefficient (Wildman–Crippen LogP) is 3.10. The maximum atomic E-state index is 12.7. The molecule has 0 saturated carbocycles. The summed E-state index contributed by atoms with van der Waals surface area (Å²) in [6, 6.07) is 6.61. The van der Waals surface area contributed by atoms with Crippen molar-refractivity contribution in [1.29, 1.82) is 0 Å². The van der Waals surface area contributed by atoms with Crippen molar-refractivity contribution >= 4 is 33.2 Å². The van der Waals surface area contributed by atoms with Crippen molar-refractivity contribution in [3.8, 4) is 17.2 Å². The van der Waals surface area contributed by atoms with Gasteiger partial charge in [-0.2, -0.15) is 4.31 Å². The Bertz CT molecular complexity index is 1040. The Balaban J connectivity index is 1.90. The first kappa shape index (κ1) is 21.2. The summed E-state index contributed by atoms with van der Waals surface area (Å²) in [5.41, 5.74) is 0.126. The fourth-order valence-corrected chi connectivity index (χ4v) is 4.93. The topological polar surface area (TPSA) is 105 Å². The van der Waals surface area contributed by atoms with E-state index in [9.17, 15) is 18.3 Å². The van der Waals surface area contributed by atoms with Gasteiger partial charge in [-0.15, -0.1) is 0 Å². The molecule has 10 heteroatoms. The Hall–Kier alpha value is -2.49. The van der Waals surface area contributed by atoms with Crippen LogP contribution in [0.3, 0.4) is 0 Å². The van der Waals surface area contributed by atoms with Crippen molar-refractivity contribution in [2.45, 2.75) is 17.7 Å². The lowest BCUT2D eigenvalue weighted by molar-refractivity contribution is 0.102. The average Bonchev–Trinajstić information content (AvgIpc) is 3.24. The molecule has 0 spiro atoms. The number of nitrogens with one attached hydrogen (secondary N) is 1. The number of phenolic OH excluding ortho intramolecular Hbond substituents is 1. The number of rotatable bonds is 6. The van der Waals surface area contributed by atoms with Gasteiger partial charge < -0.3 is 19.9 Å². The number of hydrogen-bond donors (Lipinski definition) is 2. The molecule has 0 aromatic heterocycles. The second-order valence-corrected chi connectivity index (χ2v) is 8.78. The summed E-state index contributed by atoms with van der Waals surface area (Å²) in [7, 11) is -0.856. The van der Waals surface area contributed by atoms with Gasteiger partial charge in [0, 0.05) is 18.7 Å². The van der Waals surface area contributed by atoms with Gasteiger partial charge in [0.25, 0.3) is 5.91 Å². The first-order valence-corrected chi connectivity index (χ1v) is 10.7. The maximum absolute atomic E-state index is 12.7. The molecule has 1 aliphatic heterocycles. The molecular formula is C19H21ClN2O6S. The molecule has 0 atom stereocenters. The number of phenols is 1. The third-order valence-electron chi connectivity index (χ3n) is 4.61. The maximum Gasteiger partial charge on any atom is 0.255 e. The van der Waals surface area contributed by atoms with Gasteiger partial charge in [0.2, 0.25) is 10.0 Å². The molecule has 0 aliphatic carbocycles. The third kappa shape index (κ3) is 4.26. The van der Waals surface area contributed by atoms with Crippen LogP contribution in [0.5, 0.6) is 17.2 Å². The minimum atomic E-state index is -3.69. The highest BCUT2D eigenvalue weighted by molar-refractivity contribution is 7.89. The molecule has 29 heavy (non-hydrogen) atoms. The van der Waals surface area contributed by atoms with Crippen LogP contribution in [0.1, 0.15) is 23.2 Å². The molecule has 2 aromatic rings. The minimum Gasteiger partial charge on any atom is -0.506 e. The molecule has 156 valence electrons. The van der Waals surface area contributed by atoms with Gasteiger partial charge in [-0.3, -0.25) is 4.79 Å². The van der Waals surface area contributed by atoms with E-state index in [0.29, 0.717) is 13.1 Å². The van der Waals surface area contributed by atoms with Crippen LogP contribution in [-0.4, -0.2) is 51.0 Å². The Morgan fingerprint density at radius 1 is 1.14 bits per heavy atom. The highest BCUT2D eigenvalue weighted by atomic mass is 35.5. The molecular weight excluding hydrogens is 420 g/mol. The quantitative estimate of drug-likeness (QED) is 0.669. The summed E-state index contributed by atoms with van der Waals surface area (Å²) in [6.07, 6.45) is 1.61. The van der Waals surface area contributed by atoms with E-state index in [-0.39, 0.29) is 38.4 Å². The van der Waals surface area contributed by atoms with Crippen LogP contribution in [-0.2, 0) is 10.0 Å². The summed E-state index contributed by atoms with van der Waals surface area (Å²) >= 11 is 6.13. The monoisotopic (exact) mass is 440 g/mol.